The molecule has 2 N–H and O–H groups in total. The van der Waals surface area contributed by atoms with Crippen LogP contribution in [-0.2, 0) is 11.3 Å². The number of likely N-dealkylation sites (tertiary alicyclic amines) is 1. The van der Waals surface area contributed by atoms with E-state index in [1.54, 1.807) is 16.2 Å². The Hall–Kier alpha value is -1.67. The number of nitrogens with one attached hydrogen (secondary N) is 2. The van der Waals surface area contributed by atoms with E-state index in [0.717, 1.165) is 56.4 Å². The van der Waals surface area contributed by atoms with Gasteiger partial charge in [-0.1, -0.05) is 0 Å². The fourth-order valence-electron chi connectivity index (χ4n) is 3.12. The first-order valence-corrected chi connectivity index (χ1v) is 10.2. The van der Waals surface area contributed by atoms with Crippen LogP contribution in [0, 0.1) is 6.92 Å². The van der Waals surface area contributed by atoms with Gasteiger partial charge in [0.15, 0.2) is 5.96 Å². The smallest absolute Gasteiger partial charge is 0.239 e. The van der Waals surface area contributed by atoms with E-state index in [2.05, 4.69) is 39.4 Å². The Morgan fingerprint density at radius 3 is 2.92 bits per heavy atom. The normalized spacial score (nSPS) is 18.2. The van der Waals surface area contributed by atoms with Gasteiger partial charge in [0.25, 0.3) is 0 Å². The SMILES string of the molecule is CCNC(=NCc1ncc(C)s1)NCCCN1CCCC1C(=O)N(C)C. The third kappa shape index (κ3) is 6.25. The zero-order valence-corrected chi connectivity index (χ0v) is 17.2. The lowest BCUT2D eigenvalue weighted by molar-refractivity contribution is -0.133. The van der Waals surface area contributed by atoms with E-state index < -0.39 is 0 Å². The van der Waals surface area contributed by atoms with Crippen molar-refractivity contribution in [2.24, 2.45) is 4.99 Å². The molecule has 1 aromatic rings. The maximum Gasteiger partial charge on any atom is 0.239 e. The van der Waals surface area contributed by atoms with Gasteiger partial charge >= 0.3 is 0 Å². The van der Waals surface area contributed by atoms with Crippen LogP contribution in [-0.4, -0.2) is 73.0 Å². The summed E-state index contributed by atoms with van der Waals surface area (Å²) in [7, 11) is 3.67. The Labute approximate surface area is 160 Å². The predicted molar refractivity (Wildman–Crippen MR) is 108 cm³/mol. The molecule has 0 radical (unpaired) electrons. The van der Waals surface area contributed by atoms with Crippen LogP contribution in [0.1, 0.15) is 36.1 Å². The fourth-order valence-corrected chi connectivity index (χ4v) is 3.83. The highest BCUT2D eigenvalue weighted by atomic mass is 32.1. The van der Waals surface area contributed by atoms with Crippen molar-refractivity contribution in [2.75, 3.05) is 40.3 Å². The van der Waals surface area contributed by atoms with Crippen LogP contribution in [0.5, 0.6) is 0 Å². The lowest BCUT2D eigenvalue weighted by Gasteiger charge is -2.26. The minimum Gasteiger partial charge on any atom is -0.357 e. The minimum atomic E-state index is 0.0556. The van der Waals surface area contributed by atoms with Crippen molar-refractivity contribution < 1.29 is 4.79 Å². The van der Waals surface area contributed by atoms with Gasteiger partial charge in [-0.3, -0.25) is 9.69 Å². The second-order valence-electron chi connectivity index (χ2n) is 6.77. The number of hydrogen-bond donors (Lipinski definition) is 2. The summed E-state index contributed by atoms with van der Waals surface area (Å²) in [5, 5.41) is 7.68. The third-order valence-corrected chi connectivity index (χ3v) is 5.29. The van der Waals surface area contributed by atoms with Crippen molar-refractivity contribution in [2.45, 2.75) is 45.7 Å². The minimum absolute atomic E-state index is 0.0556. The summed E-state index contributed by atoms with van der Waals surface area (Å²) in [6.45, 7) is 8.33. The summed E-state index contributed by atoms with van der Waals surface area (Å²) in [6, 6.07) is 0.0556. The first-order chi connectivity index (χ1) is 12.5. The molecule has 1 saturated heterocycles. The molecule has 1 aliphatic rings. The molecule has 26 heavy (non-hydrogen) atoms. The van der Waals surface area contributed by atoms with Crippen molar-refractivity contribution in [3.63, 3.8) is 0 Å². The second-order valence-corrected chi connectivity index (χ2v) is 8.09. The zero-order valence-electron chi connectivity index (χ0n) is 16.4. The van der Waals surface area contributed by atoms with E-state index in [-0.39, 0.29) is 11.9 Å². The molecule has 1 fully saturated rings. The number of amides is 1. The standard InChI is InChI=1S/C18H32N6OS/c1-5-19-18(22-13-16-21-12-14(2)26-16)20-9-7-11-24-10-6-8-15(24)17(25)23(3)4/h12,15H,5-11,13H2,1-4H3,(H2,19,20,22). The van der Waals surface area contributed by atoms with Gasteiger partial charge in [-0.05, 0) is 39.7 Å². The van der Waals surface area contributed by atoms with Crippen LogP contribution in [0.4, 0.5) is 0 Å². The van der Waals surface area contributed by atoms with Crippen molar-refractivity contribution in [3.8, 4) is 0 Å². The number of hydrogen-bond acceptors (Lipinski definition) is 5. The number of guanidine groups is 1. The molecule has 8 heteroatoms. The highest BCUT2D eigenvalue weighted by Gasteiger charge is 2.30. The average molecular weight is 381 g/mol. The molecular weight excluding hydrogens is 348 g/mol. The molecule has 1 aromatic heterocycles. The van der Waals surface area contributed by atoms with Crippen LogP contribution in [0.3, 0.4) is 0 Å². The molecule has 0 bridgehead atoms. The molecule has 1 aliphatic heterocycles. The van der Waals surface area contributed by atoms with Gasteiger partial charge in [-0.2, -0.15) is 0 Å². The first-order valence-electron chi connectivity index (χ1n) is 9.40. The van der Waals surface area contributed by atoms with Gasteiger partial charge in [0, 0.05) is 44.8 Å². The molecule has 0 aliphatic carbocycles. The second kappa shape index (κ2) is 10.5. The maximum atomic E-state index is 12.2. The Morgan fingerprint density at radius 1 is 1.46 bits per heavy atom. The molecule has 0 spiro atoms. The molecule has 2 heterocycles. The Morgan fingerprint density at radius 2 is 2.27 bits per heavy atom. The van der Waals surface area contributed by atoms with E-state index >= 15 is 0 Å². The number of aliphatic imine (C=N–C) groups is 1. The van der Waals surface area contributed by atoms with Gasteiger partial charge in [-0.15, -0.1) is 11.3 Å². The molecule has 146 valence electrons. The van der Waals surface area contributed by atoms with Crippen LogP contribution < -0.4 is 10.6 Å². The Kier molecular flexibility index (Phi) is 8.31. The molecule has 0 saturated carbocycles. The number of likely N-dealkylation sites (N-methyl/N-ethyl adjacent to an activating group) is 1. The quantitative estimate of drug-likeness (QED) is 0.406. The average Bonchev–Trinajstić information content (AvgIpc) is 3.24. The number of aryl methyl sites for hydroxylation is 1. The number of rotatable bonds is 8. The molecule has 2 rings (SSSR count). The van der Waals surface area contributed by atoms with Crippen LogP contribution >= 0.6 is 11.3 Å². The summed E-state index contributed by atoms with van der Waals surface area (Å²) in [5.74, 6) is 1.05. The topological polar surface area (TPSA) is 72.9 Å². The van der Waals surface area contributed by atoms with Crippen LogP contribution in [0.2, 0.25) is 0 Å². The number of nitrogens with zero attached hydrogens (tertiary/aromatic N) is 4. The number of carbonyl (C=O) groups excluding carboxylic acids is 1. The highest BCUT2D eigenvalue weighted by molar-refractivity contribution is 7.11. The lowest BCUT2D eigenvalue weighted by atomic mass is 10.2. The van der Waals surface area contributed by atoms with Gasteiger partial charge in [0.2, 0.25) is 5.91 Å². The van der Waals surface area contributed by atoms with Gasteiger partial charge in [0.05, 0.1) is 12.6 Å². The van der Waals surface area contributed by atoms with Crippen molar-refractivity contribution >= 4 is 23.2 Å². The monoisotopic (exact) mass is 380 g/mol. The third-order valence-electron chi connectivity index (χ3n) is 4.39. The lowest BCUT2D eigenvalue weighted by Crippen LogP contribution is -2.44. The van der Waals surface area contributed by atoms with E-state index in [0.29, 0.717) is 6.54 Å². The molecule has 1 unspecified atom stereocenters. The predicted octanol–water partition coefficient (Wildman–Crippen LogP) is 1.45. The molecule has 7 nitrogen and oxygen atoms in total. The van der Waals surface area contributed by atoms with E-state index in [4.69, 9.17) is 0 Å². The number of aromatic nitrogens is 1. The van der Waals surface area contributed by atoms with E-state index in [1.165, 1.54) is 4.88 Å². The van der Waals surface area contributed by atoms with Crippen molar-refractivity contribution in [3.05, 3.63) is 16.1 Å². The molecule has 0 aromatic carbocycles. The van der Waals surface area contributed by atoms with Crippen LogP contribution in [0.15, 0.2) is 11.2 Å². The summed E-state index contributed by atoms with van der Waals surface area (Å²) < 4.78 is 0. The summed E-state index contributed by atoms with van der Waals surface area (Å²) in [4.78, 5) is 26.4. The van der Waals surface area contributed by atoms with Gasteiger partial charge in [-0.25, -0.2) is 9.98 Å². The highest BCUT2D eigenvalue weighted by Crippen LogP contribution is 2.18. The van der Waals surface area contributed by atoms with Gasteiger partial charge < -0.3 is 15.5 Å². The number of carbonyl (C=O) groups is 1. The zero-order chi connectivity index (χ0) is 18.9. The summed E-state index contributed by atoms with van der Waals surface area (Å²) in [6.07, 6.45) is 4.95. The van der Waals surface area contributed by atoms with Crippen molar-refractivity contribution in [1.29, 1.82) is 0 Å². The van der Waals surface area contributed by atoms with Gasteiger partial charge in [0.1, 0.15) is 5.01 Å². The first kappa shape index (κ1) is 20.6. The Bertz CT molecular complexity index is 600. The van der Waals surface area contributed by atoms with Crippen LogP contribution in [0.25, 0.3) is 0 Å². The van der Waals surface area contributed by atoms with E-state index in [1.807, 2.05) is 20.3 Å². The summed E-state index contributed by atoms with van der Waals surface area (Å²) in [5.41, 5.74) is 0. The largest absolute Gasteiger partial charge is 0.357 e. The fraction of sp³-hybridized carbons (Fsp3) is 0.722. The van der Waals surface area contributed by atoms with E-state index in [9.17, 15) is 4.79 Å². The maximum absolute atomic E-state index is 12.2. The summed E-state index contributed by atoms with van der Waals surface area (Å²) >= 11 is 1.68. The Balaban J connectivity index is 1.76. The molecule has 1 amide bonds. The molecular formula is C18H32N6OS. The number of thiazole rings is 1. The molecule has 1 atom stereocenters. The van der Waals surface area contributed by atoms with Crippen molar-refractivity contribution in [1.82, 2.24) is 25.4 Å².